The lowest BCUT2D eigenvalue weighted by Crippen LogP contribution is -2.27. The number of amides is 3. The van der Waals surface area contributed by atoms with Gasteiger partial charge in [-0.05, 0) is 23.3 Å². The maximum atomic E-state index is 12.5. The molecule has 0 spiro atoms. The minimum absolute atomic E-state index is 0.000472. The number of hydrogen-bond donors (Lipinski definition) is 2. The monoisotopic (exact) mass is 439 g/mol. The van der Waals surface area contributed by atoms with E-state index < -0.39 is 29.1 Å². The van der Waals surface area contributed by atoms with Crippen LogP contribution in [0.1, 0.15) is 11.1 Å². The Labute approximate surface area is 171 Å². The molecule has 1 aliphatic heterocycles. The fourth-order valence-electron chi connectivity index (χ4n) is 2.75. The molecule has 1 aliphatic rings. The van der Waals surface area contributed by atoms with Gasteiger partial charge in [-0.25, -0.2) is 26.7 Å². The molecule has 0 aliphatic carbocycles. The lowest BCUT2D eigenvalue weighted by Gasteiger charge is -2.13. The number of alkyl halides is 2. The Morgan fingerprint density at radius 1 is 1.10 bits per heavy atom. The summed E-state index contributed by atoms with van der Waals surface area (Å²) in [5, 5.41) is 2.19. The molecular weight excluding hydrogens is 420 g/mol. The van der Waals surface area contributed by atoms with Crippen molar-refractivity contribution in [2.75, 3.05) is 13.2 Å². The Kier molecular flexibility index (Phi) is 6.63. The summed E-state index contributed by atoms with van der Waals surface area (Å²) in [6.45, 7) is -0.556. The summed E-state index contributed by atoms with van der Waals surface area (Å²) in [5.74, 6) is -0.318. The van der Waals surface area contributed by atoms with Crippen molar-refractivity contribution in [3.8, 4) is 5.75 Å². The third-order valence-electron chi connectivity index (χ3n) is 4.22. The molecule has 0 radical (unpaired) electrons. The summed E-state index contributed by atoms with van der Waals surface area (Å²) in [6, 6.07) is 11.7. The van der Waals surface area contributed by atoms with E-state index in [1.54, 1.807) is 24.3 Å². The van der Waals surface area contributed by atoms with Crippen LogP contribution < -0.4 is 14.8 Å². The van der Waals surface area contributed by atoms with Crippen LogP contribution in [0, 0.1) is 0 Å². The van der Waals surface area contributed by atoms with Gasteiger partial charge in [0, 0.05) is 19.2 Å². The molecule has 1 saturated heterocycles. The van der Waals surface area contributed by atoms with E-state index in [1.807, 2.05) is 0 Å². The van der Waals surface area contributed by atoms with Gasteiger partial charge in [0.15, 0.2) is 0 Å². The van der Waals surface area contributed by atoms with Crippen LogP contribution in [-0.2, 0) is 27.9 Å². The van der Waals surface area contributed by atoms with Crippen molar-refractivity contribution in [1.82, 2.24) is 14.9 Å². The number of halogens is 2. The van der Waals surface area contributed by atoms with Crippen molar-refractivity contribution < 1.29 is 31.5 Å². The largest absolute Gasteiger partial charge is 0.488 e. The summed E-state index contributed by atoms with van der Waals surface area (Å²) >= 11 is 0. The first kappa shape index (κ1) is 21.7. The zero-order chi connectivity index (χ0) is 21.7. The zero-order valence-electron chi connectivity index (χ0n) is 15.7. The first-order valence-corrected chi connectivity index (χ1v) is 10.4. The van der Waals surface area contributed by atoms with Crippen LogP contribution in [0.15, 0.2) is 53.4 Å². The standard InChI is InChI=1S/C19H19F2N3O5S/c20-17(21)12-29-15-2-1-3-16(8-15)30(27,28)22-9-13-4-6-14(7-5-13)10-24-11-18(25)23-19(24)26/h1-8,17,22H,9-12H2,(H,23,25,26). The number of nitrogens with zero attached hydrogens (tertiary/aromatic N) is 1. The molecule has 3 rings (SSSR count). The van der Waals surface area contributed by atoms with Gasteiger partial charge in [-0.3, -0.25) is 10.1 Å². The number of benzene rings is 2. The second kappa shape index (κ2) is 9.18. The lowest BCUT2D eigenvalue weighted by molar-refractivity contribution is -0.118. The molecule has 3 amide bonds. The predicted octanol–water partition coefficient (Wildman–Crippen LogP) is 1.86. The molecule has 0 bridgehead atoms. The quantitative estimate of drug-likeness (QED) is 0.581. The van der Waals surface area contributed by atoms with Gasteiger partial charge in [0.2, 0.25) is 15.9 Å². The van der Waals surface area contributed by atoms with Gasteiger partial charge in [-0.15, -0.1) is 0 Å². The Morgan fingerprint density at radius 2 is 1.80 bits per heavy atom. The van der Waals surface area contributed by atoms with Crippen LogP contribution in [0.5, 0.6) is 5.75 Å². The Morgan fingerprint density at radius 3 is 2.43 bits per heavy atom. The van der Waals surface area contributed by atoms with E-state index in [2.05, 4.69) is 10.0 Å². The van der Waals surface area contributed by atoms with Gasteiger partial charge in [0.1, 0.15) is 18.9 Å². The van der Waals surface area contributed by atoms with Crippen molar-refractivity contribution in [1.29, 1.82) is 0 Å². The average Bonchev–Trinajstić information content (AvgIpc) is 3.03. The molecule has 8 nitrogen and oxygen atoms in total. The fraction of sp³-hybridized carbons (Fsp3) is 0.263. The second-order valence-electron chi connectivity index (χ2n) is 6.53. The third-order valence-corrected chi connectivity index (χ3v) is 5.62. The van der Waals surface area contributed by atoms with Crippen LogP contribution in [-0.4, -0.2) is 44.8 Å². The molecule has 1 heterocycles. The minimum atomic E-state index is -3.88. The molecule has 0 unspecified atom stereocenters. The van der Waals surface area contributed by atoms with Crippen LogP contribution in [0.25, 0.3) is 0 Å². The van der Waals surface area contributed by atoms with E-state index in [1.165, 1.54) is 29.2 Å². The molecule has 2 aromatic rings. The number of ether oxygens (including phenoxy) is 1. The highest BCUT2D eigenvalue weighted by atomic mass is 32.2. The SMILES string of the molecule is O=C1CN(Cc2ccc(CNS(=O)(=O)c3cccc(OCC(F)F)c3)cc2)C(=O)N1. The highest BCUT2D eigenvalue weighted by Crippen LogP contribution is 2.18. The minimum Gasteiger partial charge on any atom is -0.488 e. The molecule has 30 heavy (non-hydrogen) atoms. The van der Waals surface area contributed by atoms with Crippen molar-refractivity contribution in [3.63, 3.8) is 0 Å². The van der Waals surface area contributed by atoms with Crippen LogP contribution in [0.4, 0.5) is 13.6 Å². The van der Waals surface area contributed by atoms with Crippen molar-refractivity contribution in [2.24, 2.45) is 0 Å². The smallest absolute Gasteiger partial charge is 0.324 e. The number of carbonyl (C=O) groups is 2. The van der Waals surface area contributed by atoms with Gasteiger partial charge in [0.25, 0.3) is 6.43 Å². The third kappa shape index (κ3) is 5.74. The number of hydrogen-bond acceptors (Lipinski definition) is 5. The summed E-state index contributed by atoms with van der Waals surface area (Å²) < 4.78 is 56.7. The zero-order valence-corrected chi connectivity index (χ0v) is 16.5. The molecule has 0 aromatic heterocycles. The van der Waals surface area contributed by atoms with E-state index in [4.69, 9.17) is 4.74 Å². The summed E-state index contributed by atoms with van der Waals surface area (Å²) in [5.41, 5.74) is 1.46. The number of nitrogens with one attached hydrogen (secondary N) is 2. The highest BCUT2D eigenvalue weighted by Gasteiger charge is 2.26. The first-order chi connectivity index (χ1) is 14.2. The van der Waals surface area contributed by atoms with Gasteiger partial charge in [0.05, 0.1) is 4.90 Å². The van der Waals surface area contributed by atoms with E-state index in [0.717, 1.165) is 5.56 Å². The maximum absolute atomic E-state index is 12.5. The number of rotatable bonds is 9. The average molecular weight is 439 g/mol. The van der Waals surface area contributed by atoms with Crippen molar-refractivity contribution in [2.45, 2.75) is 24.4 Å². The summed E-state index contributed by atoms with van der Waals surface area (Å²) in [7, 11) is -3.88. The predicted molar refractivity (Wildman–Crippen MR) is 102 cm³/mol. The van der Waals surface area contributed by atoms with Gasteiger partial charge >= 0.3 is 6.03 Å². The highest BCUT2D eigenvalue weighted by molar-refractivity contribution is 7.89. The molecule has 2 N–H and O–H groups in total. The Balaban J connectivity index is 1.58. The van der Waals surface area contributed by atoms with Gasteiger partial charge in [-0.1, -0.05) is 30.3 Å². The van der Waals surface area contributed by atoms with Crippen LogP contribution in [0.3, 0.4) is 0 Å². The molecule has 0 saturated carbocycles. The van der Waals surface area contributed by atoms with Crippen molar-refractivity contribution in [3.05, 3.63) is 59.7 Å². The number of carbonyl (C=O) groups excluding carboxylic acids is 2. The van der Waals surface area contributed by atoms with E-state index in [-0.39, 0.29) is 36.2 Å². The number of urea groups is 1. The second-order valence-corrected chi connectivity index (χ2v) is 8.29. The summed E-state index contributed by atoms with van der Waals surface area (Å²) in [6.07, 6.45) is -2.66. The fourth-order valence-corrected chi connectivity index (χ4v) is 3.80. The lowest BCUT2D eigenvalue weighted by atomic mass is 10.1. The Bertz CT molecular complexity index is 1030. The molecule has 0 atom stereocenters. The van der Waals surface area contributed by atoms with Crippen LogP contribution in [0.2, 0.25) is 0 Å². The van der Waals surface area contributed by atoms with Gasteiger partial charge in [-0.2, -0.15) is 0 Å². The number of sulfonamides is 1. The van der Waals surface area contributed by atoms with E-state index in [0.29, 0.717) is 5.56 Å². The van der Waals surface area contributed by atoms with Crippen LogP contribution >= 0.6 is 0 Å². The maximum Gasteiger partial charge on any atom is 0.324 e. The summed E-state index contributed by atoms with van der Waals surface area (Å²) in [4.78, 5) is 24.0. The molecule has 2 aromatic carbocycles. The van der Waals surface area contributed by atoms with Crippen molar-refractivity contribution >= 4 is 22.0 Å². The Hall–Kier alpha value is -3.05. The van der Waals surface area contributed by atoms with E-state index in [9.17, 15) is 26.8 Å². The number of imide groups is 1. The first-order valence-electron chi connectivity index (χ1n) is 8.90. The topological polar surface area (TPSA) is 105 Å². The molecule has 1 fully saturated rings. The molecular formula is C19H19F2N3O5S. The molecule has 160 valence electrons. The van der Waals surface area contributed by atoms with Gasteiger partial charge < -0.3 is 9.64 Å². The normalized spacial score (nSPS) is 14.3. The molecule has 11 heteroatoms. The van der Waals surface area contributed by atoms with E-state index >= 15 is 0 Å².